The SMILES string of the molecule is CC[C@@H](C(=O)NCc1cccs1)n1c2ccccc2c2cnn(C)c(=O)c21. The minimum absolute atomic E-state index is 0.0904. The van der Waals surface area contributed by atoms with Crippen molar-refractivity contribution in [3.8, 4) is 0 Å². The van der Waals surface area contributed by atoms with E-state index in [1.54, 1.807) is 24.6 Å². The Morgan fingerprint density at radius 1 is 1.22 bits per heavy atom. The van der Waals surface area contributed by atoms with E-state index >= 15 is 0 Å². The molecule has 4 rings (SSSR count). The molecule has 1 aromatic carbocycles. The lowest BCUT2D eigenvalue weighted by Gasteiger charge is -2.19. The first-order valence-electron chi connectivity index (χ1n) is 8.87. The summed E-state index contributed by atoms with van der Waals surface area (Å²) in [7, 11) is 1.63. The van der Waals surface area contributed by atoms with Crippen LogP contribution in [0.25, 0.3) is 21.8 Å². The van der Waals surface area contributed by atoms with Crippen molar-refractivity contribution in [2.45, 2.75) is 25.9 Å². The highest BCUT2D eigenvalue weighted by molar-refractivity contribution is 7.09. The van der Waals surface area contributed by atoms with Crippen LogP contribution in [0.15, 0.2) is 52.8 Å². The van der Waals surface area contributed by atoms with Crippen LogP contribution >= 0.6 is 11.3 Å². The number of amides is 1. The molecule has 1 N–H and O–H groups in total. The maximum Gasteiger partial charge on any atom is 0.291 e. The van der Waals surface area contributed by atoms with Crippen LogP contribution in [0.3, 0.4) is 0 Å². The number of carbonyl (C=O) groups excluding carboxylic acids is 1. The summed E-state index contributed by atoms with van der Waals surface area (Å²) in [5.74, 6) is -0.0904. The van der Waals surface area contributed by atoms with Gasteiger partial charge in [-0.2, -0.15) is 5.10 Å². The van der Waals surface area contributed by atoms with E-state index in [1.807, 2.05) is 53.3 Å². The molecule has 138 valence electrons. The summed E-state index contributed by atoms with van der Waals surface area (Å²) in [6, 6.07) is 11.3. The monoisotopic (exact) mass is 380 g/mol. The van der Waals surface area contributed by atoms with Crippen LogP contribution in [0, 0.1) is 0 Å². The number of fused-ring (bicyclic) bond motifs is 3. The second-order valence-corrected chi connectivity index (χ2v) is 7.48. The molecule has 3 aromatic heterocycles. The van der Waals surface area contributed by atoms with Crippen LogP contribution in [0.2, 0.25) is 0 Å². The Bertz CT molecular complexity index is 1170. The number of para-hydroxylation sites is 1. The first-order chi connectivity index (χ1) is 13.1. The molecule has 0 aliphatic heterocycles. The number of aryl methyl sites for hydroxylation is 1. The van der Waals surface area contributed by atoms with E-state index in [0.29, 0.717) is 18.5 Å². The van der Waals surface area contributed by atoms with E-state index < -0.39 is 6.04 Å². The van der Waals surface area contributed by atoms with Gasteiger partial charge in [0.25, 0.3) is 5.56 Å². The molecule has 0 bridgehead atoms. The predicted octanol–water partition coefficient (Wildman–Crippen LogP) is 3.22. The number of nitrogens with one attached hydrogen (secondary N) is 1. The van der Waals surface area contributed by atoms with Crippen LogP contribution in [0.4, 0.5) is 0 Å². The lowest BCUT2D eigenvalue weighted by molar-refractivity contribution is -0.124. The quantitative estimate of drug-likeness (QED) is 0.578. The van der Waals surface area contributed by atoms with Crippen molar-refractivity contribution in [2.24, 2.45) is 7.05 Å². The van der Waals surface area contributed by atoms with E-state index in [0.717, 1.165) is 21.2 Å². The molecule has 0 fully saturated rings. The first kappa shape index (κ1) is 17.5. The van der Waals surface area contributed by atoms with Gasteiger partial charge in [0.2, 0.25) is 5.91 Å². The number of hydrogen-bond acceptors (Lipinski definition) is 4. The second-order valence-electron chi connectivity index (χ2n) is 6.44. The van der Waals surface area contributed by atoms with Crippen LogP contribution in [0.5, 0.6) is 0 Å². The minimum atomic E-state index is -0.470. The Labute approximate surface area is 160 Å². The van der Waals surface area contributed by atoms with Crippen LogP contribution in [-0.2, 0) is 18.4 Å². The summed E-state index contributed by atoms with van der Waals surface area (Å²) in [6.07, 6.45) is 2.28. The average Bonchev–Trinajstić information content (AvgIpc) is 3.31. The lowest BCUT2D eigenvalue weighted by Crippen LogP contribution is -2.33. The lowest BCUT2D eigenvalue weighted by atomic mass is 10.2. The molecule has 0 radical (unpaired) electrons. The fraction of sp³-hybridized carbons (Fsp3) is 0.250. The Hall–Kier alpha value is -2.93. The van der Waals surface area contributed by atoms with Gasteiger partial charge in [-0.3, -0.25) is 9.59 Å². The van der Waals surface area contributed by atoms with Crippen molar-refractivity contribution in [3.63, 3.8) is 0 Å². The maximum atomic E-state index is 13.0. The zero-order valence-electron chi connectivity index (χ0n) is 15.2. The molecule has 0 saturated heterocycles. The predicted molar refractivity (Wildman–Crippen MR) is 108 cm³/mol. The molecule has 0 unspecified atom stereocenters. The third kappa shape index (κ3) is 2.94. The molecule has 6 nitrogen and oxygen atoms in total. The Kier molecular flexibility index (Phi) is 4.53. The summed E-state index contributed by atoms with van der Waals surface area (Å²) in [6.45, 7) is 2.45. The van der Waals surface area contributed by atoms with E-state index in [4.69, 9.17) is 0 Å². The standard InChI is InChI=1S/C20H20N4O2S/c1-3-16(19(25)21-11-13-7-6-10-27-13)24-17-9-5-4-8-14(17)15-12-22-23(2)20(26)18(15)24/h4-10,12,16H,3,11H2,1-2H3,(H,21,25)/t16-/m0/s1. The summed E-state index contributed by atoms with van der Waals surface area (Å²) in [5, 5.41) is 10.9. The number of benzene rings is 1. The van der Waals surface area contributed by atoms with Gasteiger partial charge >= 0.3 is 0 Å². The van der Waals surface area contributed by atoms with Crippen molar-refractivity contribution in [1.29, 1.82) is 0 Å². The molecule has 1 atom stereocenters. The minimum Gasteiger partial charge on any atom is -0.349 e. The molecule has 0 aliphatic rings. The molecular formula is C20H20N4O2S. The van der Waals surface area contributed by atoms with Crippen LogP contribution in [0.1, 0.15) is 24.3 Å². The number of nitrogens with zero attached hydrogens (tertiary/aromatic N) is 3. The molecule has 27 heavy (non-hydrogen) atoms. The summed E-state index contributed by atoms with van der Waals surface area (Å²) in [5.41, 5.74) is 1.19. The first-order valence-corrected chi connectivity index (χ1v) is 9.74. The number of rotatable bonds is 5. The number of carbonyl (C=O) groups is 1. The van der Waals surface area contributed by atoms with Crippen molar-refractivity contribution >= 4 is 39.0 Å². The van der Waals surface area contributed by atoms with E-state index in [9.17, 15) is 9.59 Å². The molecule has 0 saturated carbocycles. The van der Waals surface area contributed by atoms with Gasteiger partial charge < -0.3 is 9.88 Å². The molecule has 4 aromatic rings. The van der Waals surface area contributed by atoms with Crippen molar-refractivity contribution in [1.82, 2.24) is 19.7 Å². The van der Waals surface area contributed by atoms with E-state index in [1.165, 1.54) is 4.68 Å². The van der Waals surface area contributed by atoms with Gasteiger partial charge in [0.1, 0.15) is 11.6 Å². The van der Waals surface area contributed by atoms with Gasteiger partial charge in [0.15, 0.2) is 0 Å². The van der Waals surface area contributed by atoms with Crippen LogP contribution in [-0.4, -0.2) is 20.3 Å². The smallest absolute Gasteiger partial charge is 0.291 e. The van der Waals surface area contributed by atoms with Gasteiger partial charge in [-0.25, -0.2) is 4.68 Å². The topological polar surface area (TPSA) is 68.9 Å². The fourth-order valence-electron chi connectivity index (χ4n) is 3.50. The molecule has 0 aliphatic carbocycles. The highest BCUT2D eigenvalue weighted by Crippen LogP contribution is 2.30. The normalized spacial score (nSPS) is 12.5. The van der Waals surface area contributed by atoms with Gasteiger partial charge in [-0.05, 0) is 23.9 Å². The molecule has 1 amide bonds. The summed E-state index contributed by atoms with van der Waals surface area (Å²) >= 11 is 1.61. The van der Waals surface area contributed by atoms with Gasteiger partial charge in [0, 0.05) is 22.7 Å². The third-order valence-electron chi connectivity index (χ3n) is 4.82. The fourth-order valence-corrected chi connectivity index (χ4v) is 4.15. The van der Waals surface area contributed by atoms with Gasteiger partial charge in [0.05, 0.1) is 18.3 Å². The number of thiophene rings is 1. The molecule has 3 heterocycles. The Morgan fingerprint density at radius 3 is 2.78 bits per heavy atom. The zero-order chi connectivity index (χ0) is 19.0. The highest BCUT2D eigenvalue weighted by Gasteiger charge is 2.25. The number of aromatic nitrogens is 3. The average molecular weight is 380 g/mol. The summed E-state index contributed by atoms with van der Waals surface area (Å²) < 4.78 is 3.19. The van der Waals surface area contributed by atoms with Crippen molar-refractivity contribution in [2.75, 3.05) is 0 Å². The maximum absolute atomic E-state index is 13.0. The van der Waals surface area contributed by atoms with Crippen LogP contribution < -0.4 is 10.9 Å². The third-order valence-corrected chi connectivity index (χ3v) is 5.70. The zero-order valence-corrected chi connectivity index (χ0v) is 16.0. The van der Waals surface area contributed by atoms with Crippen molar-refractivity contribution in [3.05, 3.63) is 63.2 Å². The van der Waals surface area contributed by atoms with Crippen molar-refractivity contribution < 1.29 is 4.79 Å². The Balaban J connectivity index is 1.85. The molecule has 0 spiro atoms. The second kappa shape index (κ2) is 7.00. The summed E-state index contributed by atoms with van der Waals surface area (Å²) in [4.78, 5) is 27.0. The van der Waals surface area contributed by atoms with E-state index in [-0.39, 0.29) is 11.5 Å². The molecular weight excluding hydrogens is 360 g/mol. The molecule has 7 heteroatoms. The highest BCUT2D eigenvalue weighted by atomic mass is 32.1. The van der Waals surface area contributed by atoms with Gasteiger partial charge in [-0.1, -0.05) is 31.2 Å². The number of hydrogen-bond donors (Lipinski definition) is 1. The van der Waals surface area contributed by atoms with Gasteiger partial charge in [-0.15, -0.1) is 11.3 Å². The Morgan fingerprint density at radius 2 is 2.04 bits per heavy atom. The van der Waals surface area contributed by atoms with E-state index in [2.05, 4.69) is 10.4 Å². The largest absolute Gasteiger partial charge is 0.349 e.